The summed E-state index contributed by atoms with van der Waals surface area (Å²) in [5.41, 5.74) is 1.54. The molecule has 0 radical (unpaired) electrons. The Kier molecular flexibility index (Phi) is 2.98. The topological polar surface area (TPSA) is 56.3 Å². The lowest BCUT2D eigenvalue weighted by molar-refractivity contribution is -0.384. The van der Waals surface area contributed by atoms with Crippen LogP contribution in [0.2, 0.25) is 0 Å². The fraction of sp³-hybridized carbons (Fsp3) is 0. The number of hydrogen-bond acceptors (Lipinski definition) is 3. The monoisotopic (exact) mass is 365 g/mol. The molecule has 2 aromatic carbocycles. The number of fused-ring (bicyclic) bond motifs is 1. The molecule has 19 heavy (non-hydrogen) atoms. The first kappa shape index (κ1) is 12.2. The van der Waals surface area contributed by atoms with Gasteiger partial charge in [-0.05, 0) is 28.7 Å². The van der Waals surface area contributed by atoms with Crippen LogP contribution in [0.25, 0.3) is 22.3 Å². The molecule has 0 saturated heterocycles. The van der Waals surface area contributed by atoms with Crippen molar-refractivity contribution in [3.05, 3.63) is 62.2 Å². The average Bonchev–Trinajstić information content (AvgIpc) is 2.76. The maximum atomic E-state index is 10.8. The van der Waals surface area contributed by atoms with Crippen molar-refractivity contribution in [3.63, 3.8) is 0 Å². The van der Waals surface area contributed by atoms with E-state index in [1.807, 2.05) is 30.3 Å². The van der Waals surface area contributed by atoms with Gasteiger partial charge in [-0.15, -0.1) is 0 Å². The predicted molar refractivity (Wildman–Crippen MR) is 81.0 cm³/mol. The van der Waals surface area contributed by atoms with Crippen LogP contribution in [0.1, 0.15) is 0 Å². The Balaban J connectivity index is 2.23. The zero-order chi connectivity index (χ0) is 13.4. The molecule has 0 N–H and O–H groups in total. The molecule has 0 aliphatic carbocycles. The minimum absolute atomic E-state index is 0.0391. The first-order valence-electron chi connectivity index (χ1n) is 5.58. The molecule has 0 unspecified atom stereocenters. The molecule has 3 rings (SSSR count). The van der Waals surface area contributed by atoms with E-state index in [4.69, 9.17) is 4.42 Å². The van der Waals surface area contributed by atoms with Crippen molar-refractivity contribution in [2.24, 2.45) is 0 Å². The lowest BCUT2D eigenvalue weighted by atomic mass is 10.1. The lowest BCUT2D eigenvalue weighted by Crippen LogP contribution is -1.86. The van der Waals surface area contributed by atoms with Crippen LogP contribution in [0.5, 0.6) is 0 Å². The number of rotatable bonds is 2. The molecule has 0 aliphatic heterocycles. The Bertz CT molecular complexity index is 765. The van der Waals surface area contributed by atoms with E-state index in [9.17, 15) is 10.1 Å². The van der Waals surface area contributed by atoms with Crippen LogP contribution in [-0.2, 0) is 0 Å². The van der Waals surface area contributed by atoms with Crippen LogP contribution in [-0.4, -0.2) is 4.92 Å². The molecule has 0 spiro atoms. The van der Waals surface area contributed by atoms with Gasteiger partial charge in [0.2, 0.25) is 0 Å². The summed E-state index contributed by atoms with van der Waals surface area (Å²) in [6.07, 6.45) is 0. The second kappa shape index (κ2) is 4.65. The van der Waals surface area contributed by atoms with Gasteiger partial charge in [0.05, 0.1) is 14.6 Å². The summed E-state index contributed by atoms with van der Waals surface area (Å²) in [6, 6.07) is 14.4. The van der Waals surface area contributed by atoms with Gasteiger partial charge in [0.25, 0.3) is 5.69 Å². The van der Waals surface area contributed by atoms with Gasteiger partial charge in [-0.3, -0.25) is 10.1 Å². The van der Waals surface area contributed by atoms with Gasteiger partial charge >= 0.3 is 0 Å². The number of nitrogens with zero attached hydrogens (tertiary/aromatic N) is 1. The summed E-state index contributed by atoms with van der Waals surface area (Å²) in [6.45, 7) is 0. The number of nitro groups is 1. The summed E-state index contributed by atoms with van der Waals surface area (Å²) in [5.74, 6) is 0.747. The van der Waals surface area contributed by atoms with Crippen molar-refractivity contribution in [1.29, 1.82) is 0 Å². The highest BCUT2D eigenvalue weighted by Gasteiger charge is 2.16. The second-order valence-corrected chi connectivity index (χ2v) is 5.13. The molecular weight excluding hydrogens is 357 g/mol. The van der Waals surface area contributed by atoms with Crippen LogP contribution in [0.4, 0.5) is 5.69 Å². The minimum atomic E-state index is -0.420. The van der Waals surface area contributed by atoms with Crippen molar-refractivity contribution in [1.82, 2.24) is 0 Å². The van der Waals surface area contributed by atoms with E-state index in [1.165, 1.54) is 12.1 Å². The minimum Gasteiger partial charge on any atom is -0.455 e. The zero-order valence-corrected chi connectivity index (χ0v) is 11.8. The van der Waals surface area contributed by atoms with Crippen LogP contribution in [0.15, 0.2) is 52.9 Å². The van der Waals surface area contributed by atoms with Gasteiger partial charge < -0.3 is 4.42 Å². The first-order valence-corrected chi connectivity index (χ1v) is 6.66. The normalized spacial score (nSPS) is 10.8. The maximum absolute atomic E-state index is 10.8. The molecule has 0 aliphatic rings. The number of halogens is 1. The van der Waals surface area contributed by atoms with Gasteiger partial charge in [-0.1, -0.05) is 30.3 Å². The van der Waals surface area contributed by atoms with Crippen molar-refractivity contribution in [2.75, 3.05) is 0 Å². The van der Waals surface area contributed by atoms with Crippen LogP contribution >= 0.6 is 22.6 Å². The summed E-state index contributed by atoms with van der Waals surface area (Å²) in [4.78, 5) is 10.3. The molecular formula is C14H8INO3. The number of non-ortho nitro benzene ring substituents is 1. The Hall–Kier alpha value is -1.89. The molecule has 94 valence electrons. The fourth-order valence-electron chi connectivity index (χ4n) is 1.94. The lowest BCUT2D eigenvalue weighted by Gasteiger charge is -1.95. The quantitative estimate of drug-likeness (QED) is 0.379. The van der Waals surface area contributed by atoms with Gasteiger partial charge in [-0.2, -0.15) is 0 Å². The molecule has 0 saturated carbocycles. The van der Waals surface area contributed by atoms with E-state index in [0.717, 1.165) is 20.3 Å². The Morgan fingerprint density at radius 2 is 1.84 bits per heavy atom. The third-order valence-corrected chi connectivity index (χ3v) is 3.93. The fourth-order valence-corrected chi connectivity index (χ4v) is 2.81. The SMILES string of the molecule is O=[N+]([O-])c1ccc2c(I)c(-c3ccccc3)oc2c1. The van der Waals surface area contributed by atoms with E-state index in [1.54, 1.807) is 6.07 Å². The molecule has 0 amide bonds. The highest BCUT2D eigenvalue weighted by molar-refractivity contribution is 14.1. The first-order chi connectivity index (χ1) is 9.16. The van der Waals surface area contributed by atoms with Crippen LogP contribution < -0.4 is 0 Å². The van der Waals surface area contributed by atoms with Crippen molar-refractivity contribution in [3.8, 4) is 11.3 Å². The largest absolute Gasteiger partial charge is 0.455 e. The van der Waals surface area contributed by atoms with E-state index in [2.05, 4.69) is 22.6 Å². The number of nitro benzene ring substituents is 1. The third-order valence-electron chi connectivity index (χ3n) is 2.86. The predicted octanol–water partition coefficient (Wildman–Crippen LogP) is 4.61. The molecule has 1 aromatic heterocycles. The van der Waals surface area contributed by atoms with E-state index >= 15 is 0 Å². The highest BCUT2D eigenvalue weighted by Crippen LogP contribution is 2.35. The van der Waals surface area contributed by atoms with Crippen LogP contribution in [0, 0.1) is 13.7 Å². The average molecular weight is 365 g/mol. The Morgan fingerprint density at radius 1 is 1.11 bits per heavy atom. The van der Waals surface area contributed by atoms with E-state index < -0.39 is 4.92 Å². The second-order valence-electron chi connectivity index (χ2n) is 4.05. The van der Waals surface area contributed by atoms with Gasteiger partial charge in [0.1, 0.15) is 11.3 Å². The molecule has 0 bridgehead atoms. The molecule has 0 atom stereocenters. The summed E-state index contributed by atoms with van der Waals surface area (Å²) in [5, 5.41) is 11.7. The number of hydrogen-bond donors (Lipinski definition) is 0. The molecule has 1 heterocycles. The van der Waals surface area contributed by atoms with Gasteiger partial charge in [0.15, 0.2) is 0 Å². The van der Waals surface area contributed by atoms with Crippen molar-refractivity contribution < 1.29 is 9.34 Å². The zero-order valence-electron chi connectivity index (χ0n) is 9.67. The van der Waals surface area contributed by atoms with Gasteiger partial charge in [0, 0.05) is 17.0 Å². The third kappa shape index (κ3) is 2.10. The molecule has 0 fully saturated rings. The Labute approximate surface area is 122 Å². The Morgan fingerprint density at radius 3 is 2.53 bits per heavy atom. The van der Waals surface area contributed by atoms with Gasteiger partial charge in [-0.25, -0.2) is 0 Å². The molecule has 5 heteroatoms. The summed E-state index contributed by atoms with van der Waals surface area (Å²) >= 11 is 2.20. The number of furan rings is 1. The van der Waals surface area contributed by atoms with E-state index in [0.29, 0.717) is 5.58 Å². The van der Waals surface area contributed by atoms with Crippen molar-refractivity contribution in [2.45, 2.75) is 0 Å². The standard InChI is InChI=1S/C14H8INO3/c15-13-11-7-6-10(16(17)18)8-12(11)19-14(13)9-4-2-1-3-5-9/h1-8H. The highest BCUT2D eigenvalue weighted by atomic mass is 127. The van der Waals surface area contributed by atoms with E-state index in [-0.39, 0.29) is 5.69 Å². The molecule has 3 aromatic rings. The smallest absolute Gasteiger partial charge is 0.273 e. The summed E-state index contributed by atoms with van der Waals surface area (Å²) in [7, 11) is 0. The maximum Gasteiger partial charge on any atom is 0.273 e. The number of benzene rings is 2. The van der Waals surface area contributed by atoms with Crippen LogP contribution in [0.3, 0.4) is 0 Å². The summed E-state index contributed by atoms with van der Waals surface area (Å²) < 4.78 is 6.73. The van der Waals surface area contributed by atoms with Crippen molar-refractivity contribution >= 4 is 39.2 Å². The molecule has 4 nitrogen and oxygen atoms in total.